The average molecular weight is 202 g/mol. The lowest BCUT2D eigenvalue weighted by molar-refractivity contribution is -0.140. The van der Waals surface area contributed by atoms with Gasteiger partial charge >= 0.3 is 5.97 Å². The minimum atomic E-state index is -0.823. The molecule has 0 saturated heterocycles. The summed E-state index contributed by atoms with van der Waals surface area (Å²) in [6.07, 6.45) is 0.402. The number of nitrogens with one attached hydrogen (secondary N) is 1. The van der Waals surface area contributed by atoms with Gasteiger partial charge < -0.3 is 15.3 Å². The summed E-state index contributed by atoms with van der Waals surface area (Å²) in [6, 6.07) is 0. The first-order chi connectivity index (χ1) is 6.45. The molecule has 0 spiro atoms. The Morgan fingerprint density at radius 1 is 1.43 bits per heavy atom. The van der Waals surface area contributed by atoms with Crippen LogP contribution in [0.3, 0.4) is 0 Å². The minimum absolute atomic E-state index is 0.0421. The van der Waals surface area contributed by atoms with Crippen LogP contribution in [-0.2, 0) is 9.59 Å². The predicted octanol–water partition coefficient (Wildman–Crippen LogP) is -0.225. The Hall–Kier alpha value is -1.10. The Kier molecular flexibility index (Phi) is 5.87. The second kappa shape index (κ2) is 6.37. The van der Waals surface area contributed by atoms with E-state index < -0.39 is 11.9 Å². The summed E-state index contributed by atoms with van der Waals surface area (Å²) < 4.78 is 0. The number of carbonyl (C=O) groups excluding carboxylic acids is 1. The first-order valence-electron chi connectivity index (χ1n) is 4.58. The van der Waals surface area contributed by atoms with Crippen molar-refractivity contribution in [2.45, 2.75) is 13.3 Å². The zero-order valence-corrected chi connectivity index (χ0v) is 8.91. The monoisotopic (exact) mass is 202 g/mol. The van der Waals surface area contributed by atoms with Crippen molar-refractivity contribution in [3.05, 3.63) is 0 Å². The van der Waals surface area contributed by atoms with Gasteiger partial charge in [-0.25, -0.2) is 0 Å². The molecule has 0 radical (unpaired) electrons. The number of amides is 1. The van der Waals surface area contributed by atoms with Crippen molar-refractivity contribution in [1.82, 2.24) is 10.2 Å². The van der Waals surface area contributed by atoms with Crippen molar-refractivity contribution in [2.24, 2.45) is 5.92 Å². The van der Waals surface area contributed by atoms with Crippen LogP contribution in [0.5, 0.6) is 0 Å². The van der Waals surface area contributed by atoms with Gasteiger partial charge in [0.2, 0.25) is 5.91 Å². The third-order valence-electron chi connectivity index (χ3n) is 1.89. The van der Waals surface area contributed by atoms with Crippen LogP contribution in [0.1, 0.15) is 13.3 Å². The zero-order chi connectivity index (χ0) is 11.1. The van der Waals surface area contributed by atoms with Gasteiger partial charge in [-0.1, -0.05) is 6.92 Å². The normalized spacial score (nSPS) is 12.2. The van der Waals surface area contributed by atoms with Crippen LogP contribution in [0.2, 0.25) is 0 Å². The number of nitrogens with zero attached hydrogens (tertiary/aromatic N) is 1. The molecular formula is C9H18N2O3. The van der Waals surface area contributed by atoms with E-state index in [1.54, 1.807) is 21.0 Å². The van der Waals surface area contributed by atoms with Crippen molar-refractivity contribution < 1.29 is 14.7 Å². The van der Waals surface area contributed by atoms with E-state index in [1.165, 1.54) is 4.90 Å². The molecule has 0 aromatic rings. The maximum absolute atomic E-state index is 11.1. The van der Waals surface area contributed by atoms with Crippen molar-refractivity contribution >= 4 is 11.9 Å². The number of rotatable bonds is 6. The molecule has 0 aliphatic rings. The second-order valence-electron chi connectivity index (χ2n) is 3.48. The van der Waals surface area contributed by atoms with E-state index in [2.05, 4.69) is 5.32 Å². The first-order valence-corrected chi connectivity index (χ1v) is 4.58. The van der Waals surface area contributed by atoms with Gasteiger partial charge in [-0.05, 0) is 0 Å². The lowest BCUT2D eigenvalue weighted by atomic mass is 10.2. The second-order valence-corrected chi connectivity index (χ2v) is 3.48. The SMILES string of the molecule is CC(CNCCC(=O)N(C)C)C(=O)O. The smallest absolute Gasteiger partial charge is 0.307 e. The number of carboxylic acid groups (broad SMARTS) is 1. The summed E-state index contributed by atoms with van der Waals surface area (Å²) in [5.41, 5.74) is 0. The highest BCUT2D eigenvalue weighted by Crippen LogP contribution is 1.92. The molecule has 0 aromatic heterocycles. The Morgan fingerprint density at radius 2 is 2.00 bits per heavy atom. The summed E-state index contributed by atoms with van der Waals surface area (Å²) in [5.74, 6) is -1.19. The topological polar surface area (TPSA) is 69.6 Å². The number of carbonyl (C=O) groups is 2. The molecule has 0 rings (SSSR count). The van der Waals surface area contributed by atoms with Crippen LogP contribution in [0.4, 0.5) is 0 Å². The molecule has 0 bridgehead atoms. The predicted molar refractivity (Wildman–Crippen MR) is 53.0 cm³/mol. The van der Waals surface area contributed by atoms with Gasteiger partial charge in [0.15, 0.2) is 0 Å². The summed E-state index contributed by atoms with van der Waals surface area (Å²) in [6.45, 7) is 2.55. The Bertz CT molecular complexity index is 204. The molecular weight excluding hydrogens is 184 g/mol. The van der Waals surface area contributed by atoms with Gasteiger partial charge in [-0.2, -0.15) is 0 Å². The van der Waals surface area contributed by atoms with Crippen LogP contribution >= 0.6 is 0 Å². The van der Waals surface area contributed by atoms with Crippen LogP contribution in [0.25, 0.3) is 0 Å². The number of hydrogen-bond acceptors (Lipinski definition) is 3. The number of carboxylic acids is 1. The maximum Gasteiger partial charge on any atom is 0.307 e. The zero-order valence-electron chi connectivity index (χ0n) is 8.91. The summed E-state index contributed by atoms with van der Waals surface area (Å²) in [4.78, 5) is 23.0. The van der Waals surface area contributed by atoms with Crippen LogP contribution in [0.15, 0.2) is 0 Å². The summed E-state index contributed by atoms with van der Waals surface area (Å²) in [7, 11) is 3.39. The number of aliphatic carboxylic acids is 1. The van der Waals surface area contributed by atoms with Crippen LogP contribution in [0, 0.1) is 5.92 Å². The van der Waals surface area contributed by atoms with E-state index in [4.69, 9.17) is 5.11 Å². The fourth-order valence-electron chi connectivity index (χ4n) is 0.825. The quantitative estimate of drug-likeness (QED) is 0.584. The fourth-order valence-corrected chi connectivity index (χ4v) is 0.825. The largest absolute Gasteiger partial charge is 0.481 e. The molecule has 5 nitrogen and oxygen atoms in total. The van der Waals surface area contributed by atoms with E-state index >= 15 is 0 Å². The van der Waals surface area contributed by atoms with E-state index in [9.17, 15) is 9.59 Å². The molecule has 5 heteroatoms. The van der Waals surface area contributed by atoms with Gasteiger partial charge in [-0.15, -0.1) is 0 Å². The average Bonchev–Trinajstić information content (AvgIpc) is 2.11. The molecule has 0 fully saturated rings. The lowest BCUT2D eigenvalue weighted by Crippen LogP contribution is -2.30. The Balaban J connectivity index is 3.47. The van der Waals surface area contributed by atoms with Gasteiger partial charge in [0.1, 0.15) is 0 Å². The highest BCUT2D eigenvalue weighted by molar-refractivity contribution is 5.75. The van der Waals surface area contributed by atoms with Crippen LogP contribution < -0.4 is 5.32 Å². The van der Waals surface area contributed by atoms with Gasteiger partial charge in [0, 0.05) is 33.6 Å². The maximum atomic E-state index is 11.1. The minimum Gasteiger partial charge on any atom is -0.481 e. The molecule has 14 heavy (non-hydrogen) atoms. The molecule has 0 aliphatic heterocycles. The molecule has 82 valence electrons. The molecule has 0 aliphatic carbocycles. The van der Waals surface area contributed by atoms with E-state index in [0.717, 1.165) is 0 Å². The molecule has 2 N–H and O–H groups in total. The van der Waals surface area contributed by atoms with E-state index in [0.29, 0.717) is 19.5 Å². The molecule has 0 aromatic carbocycles. The van der Waals surface area contributed by atoms with Crippen molar-refractivity contribution in [3.63, 3.8) is 0 Å². The van der Waals surface area contributed by atoms with Crippen molar-refractivity contribution in [2.75, 3.05) is 27.2 Å². The molecule has 1 atom stereocenters. The van der Waals surface area contributed by atoms with Gasteiger partial charge in [0.05, 0.1) is 5.92 Å². The molecule has 1 amide bonds. The van der Waals surface area contributed by atoms with E-state index in [1.807, 2.05) is 0 Å². The Morgan fingerprint density at radius 3 is 2.43 bits per heavy atom. The standard InChI is InChI=1S/C9H18N2O3/c1-7(9(13)14)6-10-5-4-8(12)11(2)3/h7,10H,4-6H2,1-3H3,(H,13,14). The number of hydrogen-bond donors (Lipinski definition) is 2. The van der Waals surface area contributed by atoms with Crippen LogP contribution in [-0.4, -0.2) is 49.1 Å². The molecule has 0 saturated carbocycles. The lowest BCUT2D eigenvalue weighted by Gasteiger charge is -2.11. The van der Waals surface area contributed by atoms with E-state index in [-0.39, 0.29) is 5.91 Å². The van der Waals surface area contributed by atoms with Crippen molar-refractivity contribution in [1.29, 1.82) is 0 Å². The highest BCUT2D eigenvalue weighted by atomic mass is 16.4. The molecule has 1 unspecified atom stereocenters. The third kappa shape index (κ3) is 5.53. The van der Waals surface area contributed by atoms with Gasteiger partial charge in [0.25, 0.3) is 0 Å². The third-order valence-corrected chi connectivity index (χ3v) is 1.89. The summed E-state index contributed by atoms with van der Waals surface area (Å²) >= 11 is 0. The fraction of sp³-hybridized carbons (Fsp3) is 0.778. The van der Waals surface area contributed by atoms with Crippen molar-refractivity contribution in [3.8, 4) is 0 Å². The Labute approximate surface area is 84.1 Å². The molecule has 0 heterocycles. The first kappa shape index (κ1) is 12.9. The summed E-state index contributed by atoms with van der Waals surface area (Å²) in [5, 5.41) is 11.5. The van der Waals surface area contributed by atoms with Gasteiger partial charge in [-0.3, -0.25) is 9.59 Å². The highest BCUT2D eigenvalue weighted by Gasteiger charge is 2.10.